The molecule has 11 nitrogen and oxygen atoms in total. The SMILES string of the molecule is COc1ccc2c(c1)N(CCN1CCC(NCc3cc4c(cn3)OCCO4)CC1)C(=O)CN2S(C)(=O)=O. The largest absolute Gasteiger partial charge is 0.497 e. The van der Waals surface area contributed by atoms with Crippen LogP contribution in [0.2, 0.25) is 0 Å². The highest BCUT2D eigenvalue weighted by molar-refractivity contribution is 7.92. The average molecular weight is 532 g/mol. The van der Waals surface area contributed by atoms with Crippen molar-refractivity contribution in [1.82, 2.24) is 15.2 Å². The number of nitrogens with zero attached hydrogens (tertiary/aromatic N) is 4. The van der Waals surface area contributed by atoms with Gasteiger partial charge in [0.15, 0.2) is 11.5 Å². The van der Waals surface area contributed by atoms with Gasteiger partial charge in [0, 0.05) is 37.8 Å². The van der Waals surface area contributed by atoms with E-state index in [2.05, 4.69) is 15.2 Å². The number of pyridine rings is 1. The molecular formula is C25H33N5O6S. The van der Waals surface area contributed by atoms with Gasteiger partial charge in [-0.25, -0.2) is 8.42 Å². The molecule has 0 bridgehead atoms. The third-order valence-electron chi connectivity index (χ3n) is 7.01. The smallest absolute Gasteiger partial charge is 0.247 e. The summed E-state index contributed by atoms with van der Waals surface area (Å²) in [6.45, 7) is 4.59. The topological polar surface area (TPSA) is 114 Å². The third kappa shape index (κ3) is 5.76. The van der Waals surface area contributed by atoms with Crippen LogP contribution < -0.4 is 28.7 Å². The van der Waals surface area contributed by atoms with Crippen molar-refractivity contribution in [1.29, 1.82) is 0 Å². The number of methoxy groups -OCH3 is 1. The number of carbonyl (C=O) groups is 1. The molecule has 0 aliphatic carbocycles. The fraction of sp³-hybridized carbons (Fsp3) is 0.520. The molecule has 1 aromatic carbocycles. The number of ether oxygens (including phenoxy) is 3. The molecule has 37 heavy (non-hydrogen) atoms. The lowest BCUT2D eigenvalue weighted by molar-refractivity contribution is -0.117. The molecule has 1 amide bonds. The number of hydrogen-bond donors (Lipinski definition) is 1. The van der Waals surface area contributed by atoms with Crippen LogP contribution in [-0.2, 0) is 21.4 Å². The minimum Gasteiger partial charge on any atom is -0.497 e. The minimum absolute atomic E-state index is 0.196. The highest BCUT2D eigenvalue weighted by atomic mass is 32.2. The number of fused-ring (bicyclic) bond motifs is 2. The Kier molecular flexibility index (Phi) is 7.40. The highest BCUT2D eigenvalue weighted by Crippen LogP contribution is 2.37. The van der Waals surface area contributed by atoms with Crippen molar-refractivity contribution in [3.05, 3.63) is 36.2 Å². The number of benzene rings is 1. The number of sulfonamides is 1. The van der Waals surface area contributed by atoms with Gasteiger partial charge >= 0.3 is 0 Å². The van der Waals surface area contributed by atoms with E-state index in [1.54, 1.807) is 36.4 Å². The molecule has 0 atom stereocenters. The number of rotatable bonds is 8. The van der Waals surface area contributed by atoms with E-state index in [0.717, 1.165) is 47.9 Å². The number of aromatic nitrogens is 1. The monoisotopic (exact) mass is 531 g/mol. The first-order chi connectivity index (χ1) is 17.8. The zero-order chi connectivity index (χ0) is 26.0. The number of piperidine rings is 1. The van der Waals surface area contributed by atoms with E-state index in [0.29, 0.717) is 61.8 Å². The van der Waals surface area contributed by atoms with Crippen LogP contribution in [0.3, 0.4) is 0 Å². The zero-order valence-corrected chi connectivity index (χ0v) is 22.0. The van der Waals surface area contributed by atoms with E-state index in [-0.39, 0.29) is 12.5 Å². The number of likely N-dealkylation sites (tertiary alicyclic amines) is 1. The van der Waals surface area contributed by atoms with E-state index < -0.39 is 10.0 Å². The Hall–Kier alpha value is -3.09. The van der Waals surface area contributed by atoms with Gasteiger partial charge in [0.25, 0.3) is 0 Å². The number of amides is 1. The first kappa shape index (κ1) is 25.6. The molecule has 0 unspecified atom stereocenters. The lowest BCUT2D eigenvalue weighted by atomic mass is 10.0. The number of anilines is 2. The van der Waals surface area contributed by atoms with Gasteiger partial charge in [-0.15, -0.1) is 0 Å². The van der Waals surface area contributed by atoms with Crippen LogP contribution in [0.5, 0.6) is 17.2 Å². The molecule has 3 aliphatic heterocycles. The first-order valence-corrected chi connectivity index (χ1v) is 14.3. The van der Waals surface area contributed by atoms with Crippen molar-refractivity contribution < 1.29 is 27.4 Å². The Morgan fingerprint density at radius 3 is 2.57 bits per heavy atom. The fourth-order valence-electron chi connectivity index (χ4n) is 4.96. The Labute approximate surface area is 217 Å². The lowest BCUT2D eigenvalue weighted by Gasteiger charge is -2.38. The van der Waals surface area contributed by atoms with Crippen molar-refractivity contribution >= 4 is 27.3 Å². The third-order valence-corrected chi connectivity index (χ3v) is 8.13. The van der Waals surface area contributed by atoms with Gasteiger partial charge in [-0.05, 0) is 38.1 Å². The maximum atomic E-state index is 13.0. The Balaban J connectivity index is 1.15. The summed E-state index contributed by atoms with van der Waals surface area (Å²) in [6, 6.07) is 7.46. The molecule has 12 heteroatoms. The van der Waals surface area contributed by atoms with Gasteiger partial charge in [0.05, 0.1) is 36.6 Å². The van der Waals surface area contributed by atoms with Gasteiger partial charge in [-0.2, -0.15) is 0 Å². The summed E-state index contributed by atoms with van der Waals surface area (Å²) in [5, 5.41) is 3.60. The number of carbonyl (C=O) groups excluding carboxylic acids is 1. The molecule has 2 aromatic rings. The summed E-state index contributed by atoms with van der Waals surface area (Å²) in [5.74, 6) is 1.78. The van der Waals surface area contributed by atoms with Crippen LogP contribution >= 0.6 is 0 Å². The average Bonchev–Trinajstić information content (AvgIpc) is 2.90. The summed E-state index contributed by atoms with van der Waals surface area (Å²) in [5.41, 5.74) is 1.98. The van der Waals surface area contributed by atoms with Crippen molar-refractivity contribution in [2.45, 2.75) is 25.4 Å². The second-order valence-corrected chi connectivity index (χ2v) is 11.4. The highest BCUT2D eigenvalue weighted by Gasteiger charge is 2.34. The minimum atomic E-state index is -3.58. The Morgan fingerprint density at radius 2 is 1.84 bits per heavy atom. The summed E-state index contributed by atoms with van der Waals surface area (Å²) in [7, 11) is -2.03. The maximum absolute atomic E-state index is 13.0. The summed E-state index contributed by atoms with van der Waals surface area (Å²) < 4.78 is 42.3. The van der Waals surface area contributed by atoms with Gasteiger partial charge < -0.3 is 29.3 Å². The molecule has 1 N–H and O–H groups in total. The van der Waals surface area contributed by atoms with Crippen molar-refractivity contribution in [3.8, 4) is 17.2 Å². The molecule has 200 valence electrons. The van der Waals surface area contributed by atoms with Gasteiger partial charge in [-0.3, -0.25) is 14.1 Å². The van der Waals surface area contributed by atoms with Crippen LogP contribution in [0, 0.1) is 0 Å². The van der Waals surface area contributed by atoms with Crippen LogP contribution in [0.15, 0.2) is 30.5 Å². The van der Waals surface area contributed by atoms with Gasteiger partial charge in [0.2, 0.25) is 15.9 Å². The summed E-state index contributed by atoms with van der Waals surface area (Å²) >= 11 is 0. The van der Waals surface area contributed by atoms with Crippen LogP contribution in [0.1, 0.15) is 18.5 Å². The quantitative estimate of drug-likeness (QED) is 0.537. The second kappa shape index (κ2) is 10.7. The van der Waals surface area contributed by atoms with Gasteiger partial charge in [0.1, 0.15) is 25.5 Å². The summed E-state index contributed by atoms with van der Waals surface area (Å²) in [6.07, 6.45) is 4.82. The van der Waals surface area contributed by atoms with Crippen molar-refractivity contribution in [2.24, 2.45) is 0 Å². The molecule has 3 aliphatic rings. The van der Waals surface area contributed by atoms with Crippen molar-refractivity contribution in [3.63, 3.8) is 0 Å². The van der Waals surface area contributed by atoms with E-state index in [1.165, 1.54) is 0 Å². The molecule has 1 fully saturated rings. The van der Waals surface area contributed by atoms with Gasteiger partial charge in [-0.1, -0.05) is 0 Å². The Morgan fingerprint density at radius 1 is 1.08 bits per heavy atom. The fourth-order valence-corrected chi connectivity index (χ4v) is 5.82. The van der Waals surface area contributed by atoms with E-state index in [9.17, 15) is 13.2 Å². The maximum Gasteiger partial charge on any atom is 0.247 e. The molecule has 0 saturated carbocycles. The standard InChI is InChI=1S/C25H33N5O6S/c1-34-20-3-4-21-22(14-20)29(25(31)17-30(21)37(2,32)33)10-9-28-7-5-18(6-8-28)26-15-19-13-23-24(16-27-19)36-12-11-35-23/h3-4,13-14,16,18,26H,5-12,15,17H2,1-2H3. The molecule has 1 saturated heterocycles. The molecule has 0 spiro atoms. The lowest BCUT2D eigenvalue weighted by Crippen LogP contribution is -2.51. The van der Waals surface area contributed by atoms with Crippen molar-refractivity contribution in [2.75, 3.05) is 68.5 Å². The molecular weight excluding hydrogens is 498 g/mol. The van der Waals surface area contributed by atoms with E-state index in [4.69, 9.17) is 14.2 Å². The number of hydrogen-bond acceptors (Lipinski definition) is 9. The van der Waals surface area contributed by atoms with E-state index >= 15 is 0 Å². The predicted octanol–water partition coefficient (Wildman–Crippen LogP) is 1.23. The zero-order valence-electron chi connectivity index (χ0n) is 21.2. The molecule has 1 aromatic heterocycles. The molecule has 5 rings (SSSR count). The van der Waals surface area contributed by atoms with Crippen LogP contribution in [0.4, 0.5) is 11.4 Å². The predicted molar refractivity (Wildman–Crippen MR) is 139 cm³/mol. The normalized spacial score (nSPS) is 18.6. The first-order valence-electron chi connectivity index (χ1n) is 12.5. The summed E-state index contributed by atoms with van der Waals surface area (Å²) in [4.78, 5) is 21.5. The molecule has 0 radical (unpaired) electrons. The Bertz CT molecular complexity index is 1250. The van der Waals surface area contributed by atoms with Crippen LogP contribution in [-0.4, -0.2) is 89.6 Å². The molecule has 4 heterocycles. The van der Waals surface area contributed by atoms with Crippen LogP contribution in [0.25, 0.3) is 0 Å². The second-order valence-electron chi connectivity index (χ2n) is 9.49. The number of nitrogens with one attached hydrogen (secondary N) is 1. The van der Waals surface area contributed by atoms with E-state index in [1.807, 2.05) is 6.07 Å².